The van der Waals surface area contributed by atoms with E-state index in [4.69, 9.17) is 0 Å². The molecule has 0 aliphatic heterocycles. The van der Waals surface area contributed by atoms with Gasteiger partial charge in [0.15, 0.2) is 0 Å². The minimum atomic E-state index is 0.256. The molecule has 0 saturated heterocycles. The van der Waals surface area contributed by atoms with E-state index in [0.29, 0.717) is 6.54 Å². The summed E-state index contributed by atoms with van der Waals surface area (Å²) >= 11 is 0. The van der Waals surface area contributed by atoms with Crippen molar-refractivity contribution in [2.45, 2.75) is 20.8 Å². The molecule has 0 saturated carbocycles. The van der Waals surface area contributed by atoms with Gasteiger partial charge in [0.25, 0.3) is 0 Å². The van der Waals surface area contributed by atoms with Gasteiger partial charge >= 0.3 is 0 Å². The molecule has 0 heterocycles. The van der Waals surface area contributed by atoms with Crippen molar-refractivity contribution in [2.24, 2.45) is 0 Å². The molecule has 0 aromatic heterocycles. The number of carbonyl (C=O) groups is 1. The number of likely N-dealkylation sites (N-methyl/N-ethyl adjacent to an activating group) is 1. The molecule has 0 unspecified atom stereocenters. The number of nitrogens with zero attached hydrogens (tertiary/aromatic N) is 1. The van der Waals surface area contributed by atoms with Crippen LogP contribution in [-0.2, 0) is 0 Å². The lowest BCUT2D eigenvalue weighted by molar-refractivity contribution is -0.915. The van der Waals surface area contributed by atoms with E-state index in [1.165, 1.54) is 0 Å². The molecular weight excluding hydrogens is 198 g/mol. The Morgan fingerprint density at radius 3 is 1.94 bits per heavy atom. The van der Waals surface area contributed by atoms with Crippen LogP contribution < -0.4 is 0 Å². The van der Waals surface area contributed by atoms with Crippen LogP contribution >= 0.6 is 0 Å². The third kappa shape index (κ3) is 2.92. The fourth-order valence-corrected chi connectivity index (χ4v) is 2.03. The van der Waals surface area contributed by atoms with Gasteiger partial charge in [-0.2, -0.15) is 0 Å². The molecule has 0 bridgehead atoms. The smallest absolute Gasteiger partial charge is 0.216 e. The summed E-state index contributed by atoms with van der Waals surface area (Å²) in [4.78, 5) is 12.1. The van der Waals surface area contributed by atoms with Crippen molar-refractivity contribution in [1.29, 1.82) is 0 Å². The van der Waals surface area contributed by atoms with Crippen LogP contribution in [0.1, 0.15) is 31.1 Å². The van der Waals surface area contributed by atoms with Crippen LogP contribution in [0.25, 0.3) is 0 Å². The second kappa shape index (κ2) is 5.80. The van der Waals surface area contributed by atoms with Gasteiger partial charge in [0.2, 0.25) is 5.78 Å². The average molecular weight is 220 g/mol. The van der Waals surface area contributed by atoms with Crippen LogP contribution in [0.5, 0.6) is 0 Å². The summed E-state index contributed by atoms with van der Waals surface area (Å²) in [6, 6.07) is 9.59. The normalized spacial score (nSPS) is 11.4. The fraction of sp³-hybridized carbons (Fsp3) is 0.500. The van der Waals surface area contributed by atoms with Gasteiger partial charge in [-0.25, -0.2) is 0 Å². The van der Waals surface area contributed by atoms with Gasteiger partial charge in [0.05, 0.1) is 19.6 Å². The van der Waals surface area contributed by atoms with Crippen molar-refractivity contribution in [3.63, 3.8) is 0 Å². The van der Waals surface area contributed by atoms with Crippen molar-refractivity contribution in [3.8, 4) is 0 Å². The summed E-state index contributed by atoms with van der Waals surface area (Å²) in [6.07, 6.45) is 0. The number of ketones is 1. The number of Topliss-reactive ketones (excluding diaryl/α,β-unsaturated/α-hetero) is 1. The Bertz CT molecular complexity index is 320. The monoisotopic (exact) mass is 220 g/mol. The molecule has 1 aromatic rings. The lowest BCUT2D eigenvalue weighted by atomic mass is 10.1. The molecule has 0 N–H and O–H groups in total. The number of benzene rings is 1. The molecule has 0 atom stereocenters. The number of hydrogen-bond donors (Lipinski definition) is 0. The highest BCUT2D eigenvalue weighted by molar-refractivity contribution is 5.96. The molecule has 0 aliphatic rings. The highest BCUT2D eigenvalue weighted by Gasteiger charge is 2.25. The Morgan fingerprint density at radius 2 is 1.50 bits per heavy atom. The molecule has 1 aromatic carbocycles. The number of carbonyl (C=O) groups excluding carboxylic acids is 1. The molecule has 0 radical (unpaired) electrons. The Hall–Kier alpha value is -1.15. The first-order chi connectivity index (χ1) is 7.67. The fourth-order valence-electron chi connectivity index (χ4n) is 2.03. The van der Waals surface area contributed by atoms with Crippen molar-refractivity contribution >= 4 is 5.78 Å². The highest BCUT2D eigenvalue weighted by atomic mass is 16.1. The van der Waals surface area contributed by atoms with E-state index >= 15 is 0 Å². The zero-order valence-corrected chi connectivity index (χ0v) is 10.6. The SMILES string of the molecule is CC[N+](CC)(CC)CC(=O)c1ccccc1. The first-order valence-electron chi connectivity index (χ1n) is 6.10. The zero-order chi connectivity index (χ0) is 12.0. The molecular formula is C14H22NO+. The third-order valence-corrected chi connectivity index (χ3v) is 3.59. The van der Waals surface area contributed by atoms with Crippen molar-refractivity contribution < 1.29 is 9.28 Å². The number of quaternary nitrogens is 1. The van der Waals surface area contributed by atoms with Crippen LogP contribution in [-0.4, -0.2) is 36.4 Å². The topological polar surface area (TPSA) is 17.1 Å². The number of hydrogen-bond acceptors (Lipinski definition) is 1. The molecule has 2 heteroatoms. The minimum absolute atomic E-state index is 0.256. The summed E-state index contributed by atoms with van der Waals surface area (Å²) < 4.78 is 0.883. The van der Waals surface area contributed by atoms with Gasteiger partial charge in [0, 0.05) is 5.56 Å². The Balaban J connectivity index is 2.77. The van der Waals surface area contributed by atoms with Crippen LogP contribution in [0.3, 0.4) is 0 Å². The molecule has 88 valence electrons. The third-order valence-electron chi connectivity index (χ3n) is 3.59. The van der Waals surface area contributed by atoms with E-state index in [0.717, 1.165) is 29.7 Å². The van der Waals surface area contributed by atoms with Crippen LogP contribution in [0, 0.1) is 0 Å². The van der Waals surface area contributed by atoms with E-state index in [1.54, 1.807) is 0 Å². The van der Waals surface area contributed by atoms with Gasteiger partial charge in [-0.1, -0.05) is 30.3 Å². The Morgan fingerprint density at radius 1 is 1.00 bits per heavy atom. The summed E-state index contributed by atoms with van der Waals surface area (Å²) in [5, 5.41) is 0. The molecule has 0 aliphatic carbocycles. The first kappa shape index (κ1) is 12.9. The standard InChI is InChI=1S/C14H22NO/c1-4-15(5-2,6-3)12-14(16)13-10-8-7-9-11-13/h7-11H,4-6,12H2,1-3H3/q+1. The van der Waals surface area contributed by atoms with Crippen LogP contribution in [0.2, 0.25) is 0 Å². The van der Waals surface area contributed by atoms with Gasteiger partial charge in [-0.05, 0) is 20.8 Å². The van der Waals surface area contributed by atoms with E-state index in [-0.39, 0.29) is 5.78 Å². The molecule has 16 heavy (non-hydrogen) atoms. The second-order valence-corrected chi connectivity index (χ2v) is 4.24. The van der Waals surface area contributed by atoms with Crippen molar-refractivity contribution in [2.75, 3.05) is 26.2 Å². The highest BCUT2D eigenvalue weighted by Crippen LogP contribution is 2.09. The second-order valence-electron chi connectivity index (χ2n) is 4.24. The molecule has 2 nitrogen and oxygen atoms in total. The molecule has 1 rings (SSSR count). The Kier molecular flexibility index (Phi) is 4.69. The minimum Gasteiger partial charge on any atom is -0.318 e. The molecule has 0 spiro atoms. The predicted molar refractivity (Wildman–Crippen MR) is 67.5 cm³/mol. The number of rotatable bonds is 6. The van der Waals surface area contributed by atoms with Gasteiger partial charge in [0.1, 0.15) is 6.54 Å². The lowest BCUT2D eigenvalue weighted by Gasteiger charge is -2.35. The van der Waals surface area contributed by atoms with Gasteiger partial charge < -0.3 is 4.48 Å². The van der Waals surface area contributed by atoms with E-state index in [2.05, 4.69) is 20.8 Å². The largest absolute Gasteiger partial charge is 0.318 e. The molecule has 0 amide bonds. The van der Waals surface area contributed by atoms with E-state index < -0.39 is 0 Å². The van der Waals surface area contributed by atoms with E-state index in [9.17, 15) is 4.79 Å². The zero-order valence-electron chi connectivity index (χ0n) is 10.6. The quantitative estimate of drug-likeness (QED) is 0.532. The molecule has 0 fully saturated rings. The van der Waals surface area contributed by atoms with Crippen molar-refractivity contribution in [1.82, 2.24) is 0 Å². The maximum Gasteiger partial charge on any atom is 0.216 e. The van der Waals surface area contributed by atoms with Crippen molar-refractivity contribution in [3.05, 3.63) is 35.9 Å². The average Bonchev–Trinajstić information content (AvgIpc) is 2.37. The lowest BCUT2D eigenvalue weighted by Crippen LogP contribution is -2.50. The first-order valence-corrected chi connectivity index (χ1v) is 6.10. The maximum absolute atomic E-state index is 12.1. The summed E-state index contributed by atoms with van der Waals surface area (Å²) in [5.41, 5.74) is 0.834. The van der Waals surface area contributed by atoms with E-state index in [1.807, 2.05) is 30.3 Å². The predicted octanol–water partition coefficient (Wildman–Crippen LogP) is 2.75. The summed E-state index contributed by atoms with van der Waals surface area (Å²) in [7, 11) is 0. The van der Waals surface area contributed by atoms with Crippen LogP contribution in [0.4, 0.5) is 0 Å². The maximum atomic E-state index is 12.1. The Labute approximate surface area is 98.5 Å². The van der Waals surface area contributed by atoms with Gasteiger partial charge in [-0.15, -0.1) is 0 Å². The van der Waals surface area contributed by atoms with Crippen LogP contribution in [0.15, 0.2) is 30.3 Å². The summed E-state index contributed by atoms with van der Waals surface area (Å²) in [5.74, 6) is 0.256. The summed E-state index contributed by atoms with van der Waals surface area (Å²) in [6.45, 7) is 10.2. The van der Waals surface area contributed by atoms with Gasteiger partial charge in [-0.3, -0.25) is 4.79 Å².